The molecule has 0 spiro atoms. The minimum absolute atomic E-state index is 0.0394. The molecule has 7 rings (SSSR count). The Kier molecular flexibility index (Phi) is 13.1. The van der Waals surface area contributed by atoms with Crippen molar-refractivity contribution in [1.29, 1.82) is 0 Å². The molecule has 1 aliphatic heterocycles. The molecule has 0 aliphatic carbocycles. The molecule has 0 amide bonds. The van der Waals surface area contributed by atoms with E-state index in [1.807, 2.05) is 57.3 Å². The summed E-state index contributed by atoms with van der Waals surface area (Å²) in [5.41, 5.74) is 7.07. The van der Waals surface area contributed by atoms with Crippen molar-refractivity contribution in [2.45, 2.75) is 78.9 Å². The number of benzene rings is 4. The number of aromatic nitrogens is 2. The summed E-state index contributed by atoms with van der Waals surface area (Å²) in [6.07, 6.45) is 3.45. The highest BCUT2D eigenvalue weighted by atomic mass is 19.3. The number of nitrogens with zero attached hydrogens (tertiary/aromatic N) is 3. The number of carbonyl (C=O) groups is 1. The van der Waals surface area contributed by atoms with Crippen LogP contribution in [0.1, 0.15) is 54.9 Å². The average Bonchev–Trinajstić information content (AvgIpc) is 3.97. The molecule has 2 N–H and O–H groups in total. The number of ether oxygens (including phenoxy) is 3. The number of nitrogens with one attached hydrogen (secondary N) is 2. The molecular formula is C44H47F4N5O6. The highest BCUT2D eigenvalue weighted by Gasteiger charge is 2.25. The first-order valence-electron chi connectivity index (χ1n) is 19.7. The van der Waals surface area contributed by atoms with E-state index < -0.39 is 25.2 Å². The molecule has 11 nitrogen and oxygen atoms in total. The van der Waals surface area contributed by atoms with E-state index in [0.29, 0.717) is 58.7 Å². The molecular weight excluding hydrogens is 771 g/mol. The Morgan fingerprint density at radius 3 is 1.95 bits per heavy atom. The third kappa shape index (κ3) is 9.69. The molecule has 0 bridgehead atoms. The van der Waals surface area contributed by atoms with Gasteiger partial charge in [-0.25, -0.2) is 9.97 Å². The van der Waals surface area contributed by atoms with Crippen LogP contribution in [0.3, 0.4) is 0 Å². The molecule has 15 heteroatoms. The largest absolute Gasteiger partial charge is 0.460 e. The van der Waals surface area contributed by atoms with Gasteiger partial charge in [0.1, 0.15) is 35.2 Å². The number of carbonyl (C=O) groups excluding carboxylic acids is 1. The molecule has 4 aromatic carbocycles. The zero-order chi connectivity index (χ0) is 41.6. The van der Waals surface area contributed by atoms with Crippen LogP contribution in [0.4, 0.5) is 17.6 Å². The van der Waals surface area contributed by atoms with Crippen LogP contribution in [0.25, 0.3) is 56.2 Å². The fourth-order valence-corrected chi connectivity index (χ4v) is 7.47. The number of oxazole rings is 2. The van der Waals surface area contributed by atoms with E-state index in [0.717, 1.165) is 61.2 Å². The first-order valence-corrected chi connectivity index (χ1v) is 19.7. The van der Waals surface area contributed by atoms with Gasteiger partial charge in [0, 0.05) is 40.9 Å². The molecule has 59 heavy (non-hydrogen) atoms. The second kappa shape index (κ2) is 18.6. The predicted molar refractivity (Wildman–Crippen MR) is 216 cm³/mol. The van der Waals surface area contributed by atoms with Crippen LogP contribution in [0, 0.1) is 13.8 Å². The van der Waals surface area contributed by atoms with Gasteiger partial charge in [-0.05, 0) is 119 Å². The number of esters is 1. The van der Waals surface area contributed by atoms with Gasteiger partial charge in [-0.15, -0.1) is 0 Å². The highest BCUT2D eigenvalue weighted by Crippen LogP contribution is 2.39. The average molecular weight is 818 g/mol. The van der Waals surface area contributed by atoms with Crippen LogP contribution in [0.15, 0.2) is 69.5 Å². The molecule has 1 fully saturated rings. The first-order chi connectivity index (χ1) is 28.5. The summed E-state index contributed by atoms with van der Waals surface area (Å²) in [5.74, 6) is -0.0111. The minimum atomic E-state index is -3.11. The van der Waals surface area contributed by atoms with Crippen molar-refractivity contribution in [2.75, 3.05) is 33.2 Å². The van der Waals surface area contributed by atoms with Crippen molar-refractivity contribution in [3.8, 4) is 45.5 Å². The van der Waals surface area contributed by atoms with Gasteiger partial charge in [0.15, 0.2) is 11.2 Å². The molecule has 0 saturated carbocycles. The second-order valence-corrected chi connectivity index (χ2v) is 14.7. The summed E-state index contributed by atoms with van der Waals surface area (Å²) in [5, 5.41) is 6.44. The maximum Gasteiger partial charge on any atom is 0.387 e. The van der Waals surface area contributed by atoms with E-state index in [1.165, 1.54) is 18.2 Å². The second-order valence-electron chi connectivity index (χ2n) is 14.7. The fraction of sp³-hybridized carbons (Fsp3) is 0.386. The summed E-state index contributed by atoms with van der Waals surface area (Å²) in [7, 11) is 1.94. The quantitative estimate of drug-likeness (QED) is 0.0490. The fourth-order valence-electron chi connectivity index (χ4n) is 7.47. The van der Waals surface area contributed by atoms with Gasteiger partial charge >= 0.3 is 19.2 Å². The van der Waals surface area contributed by atoms with E-state index in [1.54, 1.807) is 6.07 Å². The lowest BCUT2D eigenvalue weighted by Crippen LogP contribution is -2.32. The van der Waals surface area contributed by atoms with Crippen LogP contribution < -0.4 is 20.1 Å². The normalized spacial score (nSPS) is 14.4. The Morgan fingerprint density at radius 1 is 0.847 bits per heavy atom. The van der Waals surface area contributed by atoms with Gasteiger partial charge in [0.05, 0.1) is 0 Å². The van der Waals surface area contributed by atoms with Crippen LogP contribution in [0.5, 0.6) is 11.5 Å². The number of alkyl halides is 4. The lowest BCUT2D eigenvalue weighted by Gasteiger charge is -2.19. The van der Waals surface area contributed by atoms with Crippen molar-refractivity contribution >= 4 is 28.2 Å². The maximum absolute atomic E-state index is 13.5. The van der Waals surface area contributed by atoms with Crippen molar-refractivity contribution in [3.63, 3.8) is 0 Å². The van der Waals surface area contributed by atoms with Crippen LogP contribution >= 0.6 is 0 Å². The van der Waals surface area contributed by atoms with E-state index in [2.05, 4.69) is 22.5 Å². The number of hydrogen-bond acceptors (Lipinski definition) is 11. The Bertz CT molecular complexity index is 2410. The van der Waals surface area contributed by atoms with Gasteiger partial charge in [-0.3, -0.25) is 4.79 Å². The topological polar surface area (TPSA) is 124 Å². The number of rotatable bonds is 18. The molecule has 1 atom stereocenters. The predicted octanol–water partition coefficient (Wildman–Crippen LogP) is 9.41. The third-order valence-corrected chi connectivity index (χ3v) is 10.5. The summed E-state index contributed by atoms with van der Waals surface area (Å²) in [6.45, 7) is 3.28. The van der Waals surface area contributed by atoms with Gasteiger partial charge in [0.25, 0.3) is 0 Å². The summed E-state index contributed by atoms with van der Waals surface area (Å²) >= 11 is 0. The smallest absolute Gasteiger partial charge is 0.387 e. The molecule has 0 unspecified atom stereocenters. The summed E-state index contributed by atoms with van der Waals surface area (Å²) < 4.78 is 81.5. The zero-order valence-electron chi connectivity index (χ0n) is 33.4. The Hall–Kier alpha value is -5.51. The monoisotopic (exact) mass is 817 g/mol. The van der Waals surface area contributed by atoms with Crippen molar-refractivity contribution in [1.82, 2.24) is 25.5 Å². The summed E-state index contributed by atoms with van der Waals surface area (Å²) in [6, 6.07) is 17.1. The molecule has 0 radical (unpaired) electrons. The molecule has 312 valence electrons. The first kappa shape index (κ1) is 41.6. The van der Waals surface area contributed by atoms with E-state index in [-0.39, 0.29) is 35.1 Å². The number of hydrogen-bond donors (Lipinski definition) is 2. The van der Waals surface area contributed by atoms with Gasteiger partial charge in [0.2, 0.25) is 11.8 Å². The van der Waals surface area contributed by atoms with Gasteiger partial charge in [-0.1, -0.05) is 31.2 Å². The van der Waals surface area contributed by atoms with Crippen LogP contribution in [0.2, 0.25) is 0 Å². The zero-order valence-corrected chi connectivity index (χ0v) is 33.4. The lowest BCUT2D eigenvalue weighted by molar-refractivity contribution is -0.147. The SMILES string of the molecule is CCCNCCCN(C)Cc1cc2nc(-c3cccc(-c4cccc(-c5nc6cc(COC(=O)[C@@H]7CCCN7)c(OC(F)F)cc6o5)c4C)c3C)oc2cc1OC(F)F. The maximum atomic E-state index is 13.5. The molecule has 2 aromatic heterocycles. The number of fused-ring (bicyclic) bond motifs is 2. The highest BCUT2D eigenvalue weighted by molar-refractivity contribution is 5.85. The van der Waals surface area contributed by atoms with Crippen LogP contribution in [-0.2, 0) is 22.7 Å². The van der Waals surface area contributed by atoms with Crippen LogP contribution in [-0.4, -0.2) is 73.3 Å². The Labute approximate surface area is 339 Å². The Morgan fingerprint density at radius 2 is 1.41 bits per heavy atom. The van der Waals surface area contributed by atoms with E-state index >= 15 is 0 Å². The minimum Gasteiger partial charge on any atom is -0.460 e. The van der Waals surface area contributed by atoms with Crippen molar-refractivity contribution in [2.24, 2.45) is 0 Å². The summed E-state index contributed by atoms with van der Waals surface area (Å²) in [4.78, 5) is 24.1. The van der Waals surface area contributed by atoms with Gasteiger partial charge < -0.3 is 38.6 Å². The molecule has 1 aliphatic rings. The molecule has 3 heterocycles. The molecule has 6 aromatic rings. The number of halogens is 4. The Balaban J connectivity index is 1.16. The van der Waals surface area contributed by atoms with E-state index in [4.69, 9.17) is 33.0 Å². The third-order valence-electron chi connectivity index (χ3n) is 10.5. The van der Waals surface area contributed by atoms with E-state index in [9.17, 15) is 22.4 Å². The van der Waals surface area contributed by atoms with Crippen molar-refractivity contribution in [3.05, 3.63) is 82.9 Å². The van der Waals surface area contributed by atoms with Gasteiger partial charge in [-0.2, -0.15) is 17.6 Å². The standard InChI is InChI=1S/C44H47F4N5O6/c1-5-15-49-16-9-18-53(4)23-27-19-34-38(21-36(27)58-43(45)46)56-40(51-34)31-12-6-10-29(25(31)2)30-11-7-13-32(26(30)3)41-52-35-20-28(24-55-42(54)33-14-8-17-50-33)37(59-44(47)48)22-39(35)57-41/h6-7,10-13,19-22,33,43-44,49-50H,5,8-9,14-18,23-24H2,1-4H3/t33-/m0/s1. The molecule has 1 saturated heterocycles. The lowest BCUT2D eigenvalue weighted by atomic mass is 9.91. The van der Waals surface area contributed by atoms with Crippen molar-refractivity contribution < 1.29 is 45.4 Å².